The molecular formula is C13H15N3O2. The van der Waals surface area contributed by atoms with Crippen molar-refractivity contribution < 1.29 is 9.59 Å². The summed E-state index contributed by atoms with van der Waals surface area (Å²) in [6.45, 7) is 0.681. The largest absolute Gasteiger partial charge is 0.399 e. The molecule has 94 valence electrons. The van der Waals surface area contributed by atoms with Crippen LogP contribution in [0.1, 0.15) is 19.3 Å². The molecule has 0 saturated carbocycles. The highest BCUT2D eigenvalue weighted by Crippen LogP contribution is 2.30. The summed E-state index contributed by atoms with van der Waals surface area (Å²) < 4.78 is 0. The third kappa shape index (κ3) is 1.54. The molecule has 1 aromatic carbocycles. The van der Waals surface area contributed by atoms with E-state index in [0.717, 1.165) is 19.3 Å². The SMILES string of the molecule is Nc1ccc(N2C(=O)[C@@H]3CCCCN3C2=O)cc1. The van der Waals surface area contributed by atoms with E-state index in [1.807, 2.05) is 0 Å². The third-order valence-electron chi connectivity index (χ3n) is 3.60. The molecule has 0 aromatic heterocycles. The molecule has 0 radical (unpaired) electrons. The molecule has 1 aromatic rings. The van der Waals surface area contributed by atoms with Crippen molar-refractivity contribution in [2.24, 2.45) is 0 Å². The molecule has 3 amide bonds. The number of fused-ring (bicyclic) bond motifs is 1. The van der Waals surface area contributed by atoms with Crippen molar-refractivity contribution in [1.29, 1.82) is 0 Å². The van der Waals surface area contributed by atoms with Gasteiger partial charge in [-0.25, -0.2) is 9.69 Å². The molecule has 1 atom stereocenters. The highest BCUT2D eigenvalue weighted by Gasteiger charge is 2.46. The fraction of sp³-hybridized carbons (Fsp3) is 0.385. The van der Waals surface area contributed by atoms with Gasteiger partial charge in [-0.1, -0.05) is 0 Å². The number of carbonyl (C=O) groups excluding carboxylic acids is 2. The van der Waals surface area contributed by atoms with Gasteiger partial charge in [-0.15, -0.1) is 0 Å². The molecule has 3 rings (SSSR count). The Kier molecular flexibility index (Phi) is 2.47. The fourth-order valence-electron chi connectivity index (χ4n) is 2.65. The van der Waals surface area contributed by atoms with Crippen LogP contribution in [0.4, 0.5) is 16.2 Å². The van der Waals surface area contributed by atoms with E-state index in [-0.39, 0.29) is 18.0 Å². The van der Waals surface area contributed by atoms with Crippen LogP contribution >= 0.6 is 0 Å². The number of amides is 3. The summed E-state index contributed by atoms with van der Waals surface area (Å²) >= 11 is 0. The summed E-state index contributed by atoms with van der Waals surface area (Å²) in [4.78, 5) is 27.5. The molecule has 5 heteroatoms. The normalized spacial score (nSPS) is 23.4. The van der Waals surface area contributed by atoms with Gasteiger partial charge >= 0.3 is 6.03 Å². The van der Waals surface area contributed by atoms with Gasteiger partial charge in [0, 0.05) is 12.2 Å². The minimum atomic E-state index is -0.260. The highest BCUT2D eigenvalue weighted by atomic mass is 16.2. The molecule has 0 spiro atoms. The summed E-state index contributed by atoms with van der Waals surface area (Å²) in [7, 11) is 0. The minimum Gasteiger partial charge on any atom is -0.399 e. The maximum absolute atomic E-state index is 12.3. The average Bonchev–Trinajstić information content (AvgIpc) is 2.64. The monoisotopic (exact) mass is 245 g/mol. The Morgan fingerprint density at radius 3 is 2.50 bits per heavy atom. The molecule has 2 aliphatic heterocycles. The Morgan fingerprint density at radius 2 is 1.83 bits per heavy atom. The van der Waals surface area contributed by atoms with Crippen LogP contribution in [0.5, 0.6) is 0 Å². The average molecular weight is 245 g/mol. The number of rotatable bonds is 1. The van der Waals surface area contributed by atoms with Crippen LogP contribution in [0, 0.1) is 0 Å². The van der Waals surface area contributed by atoms with E-state index < -0.39 is 0 Å². The Balaban J connectivity index is 1.95. The predicted octanol–water partition coefficient (Wildman–Crippen LogP) is 1.59. The lowest BCUT2D eigenvalue weighted by atomic mass is 10.0. The second-order valence-corrected chi connectivity index (χ2v) is 4.75. The second-order valence-electron chi connectivity index (χ2n) is 4.75. The van der Waals surface area contributed by atoms with E-state index in [1.165, 1.54) is 4.90 Å². The first kappa shape index (κ1) is 11.1. The molecule has 2 fully saturated rings. The quantitative estimate of drug-likeness (QED) is 0.603. The van der Waals surface area contributed by atoms with Gasteiger partial charge in [0.05, 0.1) is 5.69 Å². The van der Waals surface area contributed by atoms with Crippen molar-refractivity contribution in [3.63, 3.8) is 0 Å². The highest BCUT2D eigenvalue weighted by molar-refractivity contribution is 6.21. The maximum atomic E-state index is 12.3. The summed E-state index contributed by atoms with van der Waals surface area (Å²) in [6.07, 6.45) is 2.76. The standard InChI is InChI=1S/C13H15N3O2/c14-9-4-6-10(7-5-9)16-12(17)11-3-1-2-8-15(11)13(16)18/h4-7,11H,1-3,8,14H2/t11-/m0/s1. The van der Waals surface area contributed by atoms with Crippen molar-refractivity contribution >= 4 is 23.3 Å². The van der Waals surface area contributed by atoms with Crippen LogP contribution in [-0.2, 0) is 4.79 Å². The van der Waals surface area contributed by atoms with Gasteiger partial charge in [-0.2, -0.15) is 0 Å². The zero-order chi connectivity index (χ0) is 12.7. The lowest BCUT2D eigenvalue weighted by Crippen LogP contribution is -2.39. The molecule has 0 unspecified atom stereocenters. The van der Waals surface area contributed by atoms with Crippen molar-refractivity contribution in [3.05, 3.63) is 24.3 Å². The number of urea groups is 1. The van der Waals surface area contributed by atoms with Gasteiger partial charge in [0.25, 0.3) is 5.91 Å². The van der Waals surface area contributed by atoms with E-state index >= 15 is 0 Å². The predicted molar refractivity (Wildman–Crippen MR) is 68.1 cm³/mol. The Bertz CT molecular complexity index is 473. The molecule has 2 saturated heterocycles. The van der Waals surface area contributed by atoms with E-state index in [0.29, 0.717) is 17.9 Å². The van der Waals surface area contributed by atoms with Gasteiger partial charge < -0.3 is 10.6 Å². The smallest absolute Gasteiger partial charge is 0.332 e. The number of carbonyl (C=O) groups is 2. The molecule has 5 nitrogen and oxygen atoms in total. The zero-order valence-electron chi connectivity index (χ0n) is 10.0. The van der Waals surface area contributed by atoms with E-state index in [1.54, 1.807) is 29.2 Å². The van der Waals surface area contributed by atoms with Gasteiger partial charge in [-0.05, 0) is 43.5 Å². The number of nitrogens with two attached hydrogens (primary N) is 1. The summed E-state index contributed by atoms with van der Waals surface area (Å²) in [5.74, 6) is -0.107. The summed E-state index contributed by atoms with van der Waals surface area (Å²) in [5, 5.41) is 0. The number of nitrogens with zero attached hydrogens (tertiary/aromatic N) is 2. The number of imide groups is 1. The Morgan fingerprint density at radius 1 is 1.11 bits per heavy atom. The number of nitrogen functional groups attached to an aromatic ring is 1. The molecule has 2 aliphatic rings. The van der Waals surface area contributed by atoms with Gasteiger partial charge in [0.15, 0.2) is 0 Å². The Hall–Kier alpha value is -2.04. The molecule has 0 aliphatic carbocycles. The van der Waals surface area contributed by atoms with Crippen LogP contribution in [0.25, 0.3) is 0 Å². The molecule has 0 bridgehead atoms. The summed E-state index contributed by atoms with van der Waals surface area (Å²) in [5.41, 5.74) is 6.84. The van der Waals surface area contributed by atoms with E-state index in [9.17, 15) is 9.59 Å². The lowest BCUT2D eigenvalue weighted by Gasteiger charge is -2.25. The molecular weight excluding hydrogens is 230 g/mol. The van der Waals surface area contributed by atoms with Gasteiger partial charge in [0.1, 0.15) is 6.04 Å². The third-order valence-corrected chi connectivity index (χ3v) is 3.60. The van der Waals surface area contributed by atoms with Crippen LogP contribution in [-0.4, -0.2) is 29.4 Å². The number of benzene rings is 1. The first-order valence-corrected chi connectivity index (χ1v) is 6.18. The molecule has 18 heavy (non-hydrogen) atoms. The van der Waals surface area contributed by atoms with E-state index in [2.05, 4.69) is 0 Å². The zero-order valence-corrected chi connectivity index (χ0v) is 10.0. The number of piperidine rings is 1. The second kappa shape index (κ2) is 4.01. The van der Waals surface area contributed by atoms with Crippen LogP contribution in [0.2, 0.25) is 0 Å². The topological polar surface area (TPSA) is 66.6 Å². The summed E-state index contributed by atoms with van der Waals surface area (Å²) in [6, 6.07) is 6.37. The number of anilines is 2. The van der Waals surface area contributed by atoms with Crippen molar-refractivity contribution in [3.8, 4) is 0 Å². The van der Waals surface area contributed by atoms with Crippen LogP contribution in [0.15, 0.2) is 24.3 Å². The number of hydrogen-bond donors (Lipinski definition) is 1. The minimum absolute atomic E-state index is 0.107. The van der Waals surface area contributed by atoms with Crippen LogP contribution < -0.4 is 10.6 Å². The number of hydrogen-bond acceptors (Lipinski definition) is 3. The van der Waals surface area contributed by atoms with Gasteiger partial charge in [0.2, 0.25) is 0 Å². The van der Waals surface area contributed by atoms with Crippen LogP contribution in [0.3, 0.4) is 0 Å². The van der Waals surface area contributed by atoms with E-state index in [4.69, 9.17) is 5.73 Å². The fourth-order valence-corrected chi connectivity index (χ4v) is 2.65. The van der Waals surface area contributed by atoms with Crippen molar-refractivity contribution in [2.45, 2.75) is 25.3 Å². The molecule has 2 heterocycles. The first-order valence-electron chi connectivity index (χ1n) is 6.18. The van der Waals surface area contributed by atoms with Gasteiger partial charge in [-0.3, -0.25) is 4.79 Å². The maximum Gasteiger partial charge on any atom is 0.332 e. The van der Waals surface area contributed by atoms with Crippen molar-refractivity contribution in [1.82, 2.24) is 4.90 Å². The lowest BCUT2D eigenvalue weighted by molar-refractivity contribution is -0.120. The van der Waals surface area contributed by atoms with Crippen molar-refractivity contribution in [2.75, 3.05) is 17.2 Å². The first-order chi connectivity index (χ1) is 8.68. The molecule has 2 N–H and O–H groups in total. The Labute approximate surface area is 105 Å².